The fourth-order valence-corrected chi connectivity index (χ4v) is 2.88. The number of nitrogens with zero attached hydrogens (tertiary/aromatic N) is 2. The van der Waals surface area contributed by atoms with Crippen LogP contribution in [0.1, 0.15) is 74.1 Å². The molecule has 0 aliphatic carbocycles. The van der Waals surface area contributed by atoms with Gasteiger partial charge in [0.05, 0.1) is 0 Å². The molecule has 0 bridgehead atoms. The van der Waals surface area contributed by atoms with Gasteiger partial charge in [-0.2, -0.15) is 0 Å². The molecule has 140 valence electrons. The molecule has 0 aliphatic heterocycles. The van der Waals surface area contributed by atoms with Gasteiger partial charge in [-0.15, -0.1) is 0 Å². The lowest BCUT2D eigenvalue weighted by atomic mass is 10.0. The Balaban J connectivity index is 5.64. The molecular formula is C23H38N2. The molecule has 0 N–H and O–H groups in total. The molecule has 0 aromatic rings. The fourth-order valence-electron chi connectivity index (χ4n) is 2.88. The van der Waals surface area contributed by atoms with Gasteiger partial charge in [-0.25, -0.2) is 4.99 Å². The third kappa shape index (κ3) is 7.72. The van der Waals surface area contributed by atoms with Crippen molar-refractivity contribution in [2.75, 3.05) is 0 Å². The summed E-state index contributed by atoms with van der Waals surface area (Å²) in [5, 5.41) is 0. The lowest BCUT2D eigenvalue weighted by Gasteiger charge is -2.33. The summed E-state index contributed by atoms with van der Waals surface area (Å²) >= 11 is 0. The van der Waals surface area contributed by atoms with Crippen LogP contribution in [0.4, 0.5) is 0 Å². The summed E-state index contributed by atoms with van der Waals surface area (Å²) in [6.07, 6.45) is 8.75. The molecule has 0 aromatic carbocycles. The zero-order valence-electron chi connectivity index (χ0n) is 17.6. The van der Waals surface area contributed by atoms with Crippen molar-refractivity contribution in [2.24, 2.45) is 4.99 Å². The number of aliphatic imine (C=N–C) groups is 1. The van der Waals surface area contributed by atoms with Crippen LogP contribution in [0.5, 0.6) is 0 Å². The van der Waals surface area contributed by atoms with Crippen LogP contribution >= 0.6 is 0 Å². The molecule has 2 nitrogen and oxygen atoms in total. The molecule has 0 atom stereocenters. The molecule has 0 aliphatic rings. The van der Waals surface area contributed by atoms with Crippen molar-refractivity contribution in [1.82, 2.24) is 4.90 Å². The van der Waals surface area contributed by atoms with E-state index in [2.05, 4.69) is 57.6 Å². The highest BCUT2D eigenvalue weighted by Crippen LogP contribution is 2.23. The van der Waals surface area contributed by atoms with Gasteiger partial charge in [0.25, 0.3) is 0 Å². The van der Waals surface area contributed by atoms with E-state index in [0.29, 0.717) is 6.04 Å². The van der Waals surface area contributed by atoms with Crippen molar-refractivity contribution in [3.63, 3.8) is 0 Å². The van der Waals surface area contributed by atoms with Gasteiger partial charge < -0.3 is 4.90 Å². The zero-order valence-corrected chi connectivity index (χ0v) is 17.6. The highest BCUT2D eigenvalue weighted by molar-refractivity contribution is 6.01. The molecule has 0 heterocycles. The Hall–Kier alpha value is -1.83. The third-order valence-electron chi connectivity index (χ3n) is 4.37. The monoisotopic (exact) mass is 342 g/mol. The van der Waals surface area contributed by atoms with Crippen LogP contribution in [0.3, 0.4) is 0 Å². The highest BCUT2D eigenvalue weighted by Gasteiger charge is 2.19. The number of allylic oxidation sites excluding steroid dienone is 6. The quantitative estimate of drug-likeness (QED) is 0.286. The average molecular weight is 343 g/mol. The van der Waals surface area contributed by atoms with E-state index < -0.39 is 0 Å². The number of hydrogen-bond acceptors (Lipinski definition) is 2. The Labute approximate surface area is 156 Å². The van der Waals surface area contributed by atoms with E-state index in [4.69, 9.17) is 4.99 Å². The van der Waals surface area contributed by atoms with Gasteiger partial charge in [-0.1, -0.05) is 64.2 Å². The second-order valence-corrected chi connectivity index (χ2v) is 6.80. The van der Waals surface area contributed by atoms with Crippen LogP contribution in [0.2, 0.25) is 0 Å². The first kappa shape index (κ1) is 23.2. The standard InChI is InChI=1S/C23H38N2/c1-11-14-23(15-12-2)25(18(6)7)21(10)24-20(9)22(13-3)16-19(8)17(4)5/h13,16,23H,4,6,10-12,14-15H2,1-3,5,7-9H3/b19-16-,22-13-,24-20-. The molecule has 0 saturated heterocycles. The number of hydrogen-bond donors (Lipinski definition) is 0. The van der Waals surface area contributed by atoms with Crippen LogP contribution in [0, 0.1) is 0 Å². The van der Waals surface area contributed by atoms with Crippen LogP contribution < -0.4 is 0 Å². The maximum Gasteiger partial charge on any atom is 0.125 e. The minimum atomic E-state index is 0.415. The van der Waals surface area contributed by atoms with Crippen LogP contribution in [-0.2, 0) is 0 Å². The predicted octanol–water partition coefficient (Wildman–Crippen LogP) is 7.19. The molecule has 25 heavy (non-hydrogen) atoms. The maximum atomic E-state index is 4.81. The summed E-state index contributed by atoms with van der Waals surface area (Å²) in [4.78, 5) is 7.02. The SMILES string of the molecule is C=C(C)\C(C)=C/C(=C/C)C(/C)=N\C(=C)N(C(=C)C)C(CCC)CCC. The Morgan fingerprint density at radius 3 is 1.88 bits per heavy atom. The van der Waals surface area contributed by atoms with Crippen molar-refractivity contribution in [2.45, 2.75) is 80.2 Å². The van der Waals surface area contributed by atoms with Gasteiger partial charge in [0.2, 0.25) is 0 Å². The van der Waals surface area contributed by atoms with E-state index in [1.165, 1.54) is 5.57 Å². The molecule has 0 radical (unpaired) electrons. The minimum absolute atomic E-state index is 0.415. The molecular weight excluding hydrogens is 304 g/mol. The van der Waals surface area contributed by atoms with E-state index >= 15 is 0 Å². The van der Waals surface area contributed by atoms with Crippen molar-refractivity contribution in [3.05, 3.63) is 60.1 Å². The van der Waals surface area contributed by atoms with Crippen LogP contribution in [0.15, 0.2) is 65.1 Å². The van der Waals surface area contributed by atoms with Gasteiger partial charge in [0.15, 0.2) is 0 Å². The summed E-state index contributed by atoms with van der Waals surface area (Å²) in [5.41, 5.74) is 5.31. The molecule has 0 fully saturated rings. The van der Waals surface area contributed by atoms with Crippen molar-refractivity contribution in [3.8, 4) is 0 Å². The van der Waals surface area contributed by atoms with Crippen LogP contribution in [-0.4, -0.2) is 16.7 Å². The van der Waals surface area contributed by atoms with Crippen molar-refractivity contribution < 1.29 is 0 Å². The molecule has 2 heteroatoms. The van der Waals surface area contributed by atoms with E-state index in [1.807, 2.05) is 27.7 Å². The lowest BCUT2D eigenvalue weighted by molar-refractivity contribution is 0.277. The van der Waals surface area contributed by atoms with Gasteiger partial charge >= 0.3 is 0 Å². The van der Waals surface area contributed by atoms with Gasteiger partial charge in [-0.05, 0) is 58.6 Å². The molecule has 0 aromatic heterocycles. The largest absolute Gasteiger partial charge is 0.328 e. The normalized spacial score (nSPS) is 13.2. The molecule has 0 amide bonds. The first-order valence-electron chi connectivity index (χ1n) is 9.39. The van der Waals surface area contributed by atoms with E-state index in [-0.39, 0.29) is 0 Å². The first-order valence-corrected chi connectivity index (χ1v) is 9.39. The van der Waals surface area contributed by atoms with E-state index in [9.17, 15) is 0 Å². The Kier molecular flexibility index (Phi) is 10.8. The molecule has 0 spiro atoms. The lowest BCUT2D eigenvalue weighted by Crippen LogP contribution is -2.32. The Morgan fingerprint density at radius 2 is 1.52 bits per heavy atom. The Morgan fingerprint density at radius 1 is 1.00 bits per heavy atom. The summed E-state index contributed by atoms with van der Waals surface area (Å²) in [7, 11) is 0. The van der Waals surface area contributed by atoms with Gasteiger partial charge in [-0.3, -0.25) is 0 Å². The number of rotatable bonds is 11. The predicted molar refractivity (Wildman–Crippen MR) is 115 cm³/mol. The van der Waals surface area contributed by atoms with E-state index in [0.717, 1.165) is 54.1 Å². The second kappa shape index (κ2) is 11.7. The molecule has 0 rings (SSSR count). The molecule has 0 saturated carbocycles. The van der Waals surface area contributed by atoms with Crippen molar-refractivity contribution in [1.29, 1.82) is 0 Å². The molecule has 0 unspecified atom stereocenters. The summed E-state index contributed by atoms with van der Waals surface area (Å²) in [6.45, 7) is 27.1. The smallest absolute Gasteiger partial charge is 0.125 e. The van der Waals surface area contributed by atoms with Gasteiger partial charge in [0.1, 0.15) is 5.82 Å². The summed E-state index contributed by atoms with van der Waals surface area (Å²) in [6, 6.07) is 0.415. The average Bonchev–Trinajstić information content (AvgIpc) is 2.52. The van der Waals surface area contributed by atoms with Crippen LogP contribution in [0.25, 0.3) is 0 Å². The maximum absolute atomic E-state index is 4.81. The fraction of sp³-hybridized carbons (Fsp3) is 0.522. The minimum Gasteiger partial charge on any atom is -0.328 e. The first-order chi connectivity index (χ1) is 11.7. The second-order valence-electron chi connectivity index (χ2n) is 6.80. The summed E-state index contributed by atoms with van der Waals surface area (Å²) in [5.74, 6) is 0.776. The van der Waals surface area contributed by atoms with Crippen molar-refractivity contribution >= 4 is 5.71 Å². The summed E-state index contributed by atoms with van der Waals surface area (Å²) < 4.78 is 0. The van der Waals surface area contributed by atoms with Gasteiger partial charge in [0, 0.05) is 17.5 Å². The topological polar surface area (TPSA) is 15.6 Å². The highest BCUT2D eigenvalue weighted by atomic mass is 15.2. The third-order valence-corrected chi connectivity index (χ3v) is 4.37. The van der Waals surface area contributed by atoms with E-state index in [1.54, 1.807) is 0 Å². The Bertz CT molecular complexity index is 567. The zero-order chi connectivity index (χ0) is 19.6.